The molecule has 0 bridgehead atoms. The largest absolute Gasteiger partial charge is 0.445 e. The molecule has 3 aromatic rings. The molecule has 0 saturated heterocycles. The fraction of sp³-hybridized carbons (Fsp3) is 0.333. The number of nitrogens with zero attached hydrogens (tertiary/aromatic N) is 2. The molecule has 0 atom stereocenters. The molecule has 0 unspecified atom stereocenters. The quantitative estimate of drug-likeness (QED) is 0.251. The Morgan fingerprint density at radius 3 is 2.38 bits per heavy atom. The highest BCUT2D eigenvalue weighted by Gasteiger charge is 2.24. The fourth-order valence-electron chi connectivity index (χ4n) is 4.05. The molecule has 0 spiro atoms. The maximum atomic E-state index is 13.6. The predicted octanol–water partition coefficient (Wildman–Crippen LogP) is 6.60. The third-order valence-electron chi connectivity index (χ3n) is 6.08. The Balaban J connectivity index is 1.83. The Bertz CT molecular complexity index is 1170. The Kier molecular flexibility index (Phi) is 11.0. The van der Waals surface area contributed by atoms with Crippen molar-refractivity contribution in [2.24, 2.45) is 0 Å². The van der Waals surface area contributed by atoms with Gasteiger partial charge in [0.1, 0.15) is 13.2 Å². The molecule has 0 heterocycles. The minimum atomic E-state index is -0.557. The van der Waals surface area contributed by atoms with Gasteiger partial charge in [-0.25, -0.2) is 4.79 Å². The summed E-state index contributed by atoms with van der Waals surface area (Å²) >= 11 is 6.71. The molecule has 3 rings (SSSR count). The van der Waals surface area contributed by atoms with Gasteiger partial charge in [-0.05, 0) is 48.1 Å². The van der Waals surface area contributed by atoms with Crippen LogP contribution in [0.15, 0.2) is 72.8 Å². The van der Waals surface area contributed by atoms with E-state index in [4.69, 9.17) is 21.1 Å². The lowest BCUT2D eigenvalue weighted by Gasteiger charge is -2.28. The average Bonchev–Trinajstić information content (AvgIpc) is 2.92. The number of hydrogen-bond acceptors (Lipinski definition) is 4. The highest BCUT2D eigenvalue weighted by Crippen LogP contribution is 2.38. The zero-order chi connectivity index (χ0) is 26.6. The number of rotatable bonds is 12. The van der Waals surface area contributed by atoms with Crippen molar-refractivity contribution in [3.63, 3.8) is 0 Å². The zero-order valence-electron chi connectivity index (χ0n) is 21.8. The van der Waals surface area contributed by atoms with Crippen LogP contribution in [0.2, 0.25) is 5.02 Å². The number of benzene rings is 3. The predicted molar refractivity (Wildman–Crippen MR) is 149 cm³/mol. The lowest BCUT2D eigenvalue weighted by molar-refractivity contribution is -0.119. The first-order chi connectivity index (χ1) is 17.9. The van der Waals surface area contributed by atoms with Gasteiger partial charge < -0.3 is 19.3 Å². The lowest BCUT2D eigenvalue weighted by atomic mass is 9.99. The van der Waals surface area contributed by atoms with Crippen LogP contribution in [0.5, 0.6) is 0 Å². The zero-order valence-corrected chi connectivity index (χ0v) is 22.5. The van der Waals surface area contributed by atoms with E-state index in [1.165, 1.54) is 10.5 Å². The lowest BCUT2D eigenvalue weighted by Crippen LogP contribution is -2.42. The SMILES string of the molecule is CCc1cccc(-c2c(Cl)cccc2N(CCCCOC)C(=O)CN(C)C(=O)OCc2ccccc2)c1. The van der Waals surface area contributed by atoms with Crippen LogP contribution >= 0.6 is 11.6 Å². The first-order valence-electron chi connectivity index (χ1n) is 12.5. The van der Waals surface area contributed by atoms with Crippen LogP contribution in [0.25, 0.3) is 11.1 Å². The second-order valence-electron chi connectivity index (χ2n) is 8.83. The van der Waals surface area contributed by atoms with Crippen molar-refractivity contribution in [1.82, 2.24) is 4.90 Å². The Morgan fingerprint density at radius 1 is 0.919 bits per heavy atom. The number of unbranched alkanes of at least 4 members (excludes halogenated alkanes) is 1. The van der Waals surface area contributed by atoms with Crippen molar-refractivity contribution in [3.05, 3.63) is 88.9 Å². The number of methoxy groups -OCH3 is 1. The molecule has 6 nitrogen and oxygen atoms in total. The first-order valence-corrected chi connectivity index (χ1v) is 12.9. The second-order valence-corrected chi connectivity index (χ2v) is 9.24. The number of aryl methyl sites for hydroxylation is 1. The van der Waals surface area contributed by atoms with Crippen molar-refractivity contribution < 1.29 is 19.1 Å². The standard InChI is InChI=1S/C30H35ClN2O4/c1-4-23-14-10-15-25(20-23)29-26(31)16-11-17-27(29)33(18-8-9-19-36-3)28(34)21-32(2)30(35)37-22-24-12-6-5-7-13-24/h5-7,10-17,20H,4,8-9,18-19,21-22H2,1-3H3. The summed E-state index contributed by atoms with van der Waals surface area (Å²) < 4.78 is 10.6. The van der Waals surface area contributed by atoms with E-state index in [1.807, 2.05) is 60.7 Å². The summed E-state index contributed by atoms with van der Waals surface area (Å²) in [6.45, 7) is 3.19. The Hall–Kier alpha value is -3.35. The Labute approximate surface area is 224 Å². The van der Waals surface area contributed by atoms with Gasteiger partial charge in [-0.1, -0.05) is 79.2 Å². The number of ether oxygens (including phenoxy) is 2. The van der Waals surface area contributed by atoms with Crippen LogP contribution in [-0.4, -0.2) is 50.8 Å². The summed E-state index contributed by atoms with van der Waals surface area (Å²) in [4.78, 5) is 29.3. The van der Waals surface area contributed by atoms with Gasteiger partial charge in [-0.3, -0.25) is 4.79 Å². The van der Waals surface area contributed by atoms with Crippen molar-refractivity contribution >= 4 is 29.3 Å². The van der Waals surface area contributed by atoms with Crippen molar-refractivity contribution in [2.45, 2.75) is 32.8 Å². The summed E-state index contributed by atoms with van der Waals surface area (Å²) in [6.07, 6.45) is 1.88. The van der Waals surface area contributed by atoms with Crippen LogP contribution in [0.4, 0.5) is 10.5 Å². The third-order valence-corrected chi connectivity index (χ3v) is 6.39. The molecule has 0 N–H and O–H groups in total. The molecule has 2 amide bonds. The Morgan fingerprint density at radius 2 is 1.65 bits per heavy atom. The molecule has 37 heavy (non-hydrogen) atoms. The monoisotopic (exact) mass is 522 g/mol. The molecule has 0 aliphatic carbocycles. The van der Waals surface area contributed by atoms with Crippen molar-refractivity contribution in [2.75, 3.05) is 38.8 Å². The molecule has 196 valence electrons. The van der Waals surface area contributed by atoms with Crippen LogP contribution in [0, 0.1) is 0 Å². The van der Waals surface area contributed by atoms with Gasteiger partial charge >= 0.3 is 6.09 Å². The minimum absolute atomic E-state index is 0.126. The number of anilines is 1. The van der Waals surface area contributed by atoms with Crippen molar-refractivity contribution in [1.29, 1.82) is 0 Å². The van der Waals surface area contributed by atoms with Crippen LogP contribution in [-0.2, 0) is 27.3 Å². The van der Waals surface area contributed by atoms with E-state index in [0.29, 0.717) is 23.9 Å². The van der Waals surface area contributed by atoms with Gasteiger partial charge in [0.05, 0.1) is 10.7 Å². The van der Waals surface area contributed by atoms with Gasteiger partial charge in [0.2, 0.25) is 5.91 Å². The molecular weight excluding hydrogens is 488 g/mol. The number of carbonyl (C=O) groups is 2. The maximum absolute atomic E-state index is 13.6. The first kappa shape index (κ1) is 28.2. The summed E-state index contributed by atoms with van der Waals surface area (Å²) in [6, 6.07) is 23.2. The van der Waals surface area contributed by atoms with E-state index < -0.39 is 6.09 Å². The topological polar surface area (TPSA) is 59.1 Å². The van der Waals surface area contributed by atoms with E-state index in [2.05, 4.69) is 19.1 Å². The molecule has 0 radical (unpaired) electrons. The van der Waals surface area contributed by atoms with Gasteiger partial charge in [-0.2, -0.15) is 0 Å². The number of hydrogen-bond donors (Lipinski definition) is 0. The summed E-state index contributed by atoms with van der Waals surface area (Å²) in [5, 5.41) is 0.566. The maximum Gasteiger partial charge on any atom is 0.410 e. The van der Waals surface area contributed by atoms with Crippen LogP contribution in [0.3, 0.4) is 0 Å². The fourth-order valence-corrected chi connectivity index (χ4v) is 4.33. The second kappa shape index (κ2) is 14.4. The highest BCUT2D eigenvalue weighted by atomic mass is 35.5. The molecule has 0 saturated carbocycles. The highest BCUT2D eigenvalue weighted by molar-refractivity contribution is 6.34. The number of halogens is 1. The van der Waals surface area contributed by atoms with Gasteiger partial charge in [0.15, 0.2) is 0 Å². The number of amides is 2. The molecule has 0 aromatic heterocycles. The van der Waals surface area contributed by atoms with E-state index >= 15 is 0 Å². The van der Waals surface area contributed by atoms with E-state index in [-0.39, 0.29) is 19.1 Å². The molecule has 0 fully saturated rings. The smallest absolute Gasteiger partial charge is 0.410 e. The van der Waals surface area contributed by atoms with Gasteiger partial charge in [0, 0.05) is 32.9 Å². The van der Waals surface area contributed by atoms with E-state index in [0.717, 1.165) is 36.0 Å². The number of carbonyl (C=O) groups excluding carboxylic acids is 2. The molecular formula is C30H35ClN2O4. The molecule has 0 aliphatic rings. The van der Waals surface area contributed by atoms with Crippen LogP contribution < -0.4 is 4.90 Å². The van der Waals surface area contributed by atoms with E-state index in [1.54, 1.807) is 19.1 Å². The van der Waals surface area contributed by atoms with Crippen LogP contribution in [0.1, 0.15) is 30.9 Å². The summed E-state index contributed by atoms with van der Waals surface area (Å²) in [5.41, 5.74) is 4.53. The van der Waals surface area contributed by atoms with Gasteiger partial charge in [-0.15, -0.1) is 0 Å². The summed E-state index contributed by atoms with van der Waals surface area (Å²) in [7, 11) is 3.23. The normalized spacial score (nSPS) is 10.7. The number of likely N-dealkylation sites (N-methyl/N-ethyl adjacent to an activating group) is 1. The summed E-state index contributed by atoms with van der Waals surface area (Å²) in [5.74, 6) is -0.216. The van der Waals surface area contributed by atoms with Crippen molar-refractivity contribution in [3.8, 4) is 11.1 Å². The average molecular weight is 523 g/mol. The third kappa shape index (κ3) is 8.07. The molecule has 7 heteroatoms. The van der Waals surface area contributed by atoms with E-state index in [9.17, 15) is 9.59 Å². The minimum Gasteiger partial charge on any atom is -0.445 e. The molecule has 0 aliphatic heterocycles. The molecule has 3 aromatic carbocycles. The van der Waals surface area contributed by atoms with Gasteiger partial charge in [0.25, 0.3) is 0 Å².